The van der Waals surface area contributed by atoms with E-state index in [-0.39, 0.29) is 5.91 Å². The van der Waals surface area contributed by atoms with Gasteiger partial charge in [-0.15, -0.1) is 0 Å². The van der Waals surface area contributed by atoms with Crippen molar-refractivity contribution in [2.24, 2.45) is 10.7 Å². The van der Waals surface area contributed by atoms with Crippen molar-refractivity contribution in [1.29, 1.82) is 0 Å². The summed E-state index contributed by atoms with van der Waals surface area (Å²) in [6, 6.07) is 6.53. The number of amides is 2. The van der Waals surface area contributed by atoms with Crippen LogP contribution in [-0.4, -0.2) is 34.2 Å². The average Bonchev–Trinajstić information content (AvgIpc) is 2.92. The van der Waals surface area contributed by atoms with E-state index in [4.69, 9.17) is 5.73 Å². The van der Waals surface area contributed by atoms with Crippen LogP contribution < -0.4 is 11.1 Å². The molecule has 0 unspecified atom stereocenters. The molecule has 1 aliphatic rings. The van der Waals surface area contributed by atoms with Gasteiger partial charge in [0.05, 0.1) is 6.54 Å². The van der Waals surface area contributed by atoms with Crippen LogP contribution in [0.25, 0.3) is 0 Å². The minimum absolute atomic E-state index is 0.0482. The molecule has 2 rings (SSSR count). The number of primary amides is 1. The SMILES string of the molecule is NC(=O)c1ccc(NC(=O)CCSC2=NCCS2)cc1. The maximum absolute atomic E-state index is 11.7. The fraction of sp³-hybridized carbons (Fsp3) is 0.308. The Labute approximate surface area is 125 Å². The number of carbonyl (C=O) groups is 2. The first-order chi connectivity index (χ1) is 9.65. The highest BCUT2D eigenvalue weighted by Crippen LogP contribution is 2.22. The van der Waals surface area contributed by atoms with Gasteiger partial charge in [-0.3, -0.25) is 14.6 Å². The van der Waals surface area contributed by atoms with Crippen molar-refractivity contribution < 1.29 is 9.59 Å². The highest BCUT2D eigenvalue weighted by molar-refractivity contribution is 8.39. The summed E-state index contributed by atoms with van der Waals surface area (Å²) in [5.74, 6) is 1.24. The molecule has 0 atom stereocenters. The minimum atomic E-state index is -0.478. The molecule has 3 N–H and O–H groups in total. The Hall–Kier alpha value is -1.47. The topological polar surface area (TPSA) is 84.5 Å². The molecule has 0 aliphatic carbocycles. The predicted molar refractivity (Wildman–Crippen MR) is 85.4 cm³/mol. The standard InChI is InChI=1S/C13H15N3O2S2/c14-12(18)9-1-3-10(4-2-9)16-11(17)5-7-19-13-15-6-8-20-13/h1-4H,5-8H2,(H2,14,18)(H,16,17). The van der Waals surface area contributed by atoms with E-state index in [0.717, 1.165) is 22.4 Å². The number of anilines is 1. The Kier molecular flexibility index (Phi) is 5.49. The van der Waals surface area contributed by atoms with Crippen LogP contribution in [0.2, 0.25) is 0 Å². The third kappa shape index (κ3) is 4.57. The largest absolute Gasteiger partial charge is 0.366 e. The molecule has 0 radical (unpaired) electrons. The van der Waals surface area contributed by atoms with Gasteiger partial charge in [0, 0.05) is 29.2 Å². The summed E-state index contributed by atoms with van der Waals surface area (Å²) in [5.41, 5.74) is 6.24. The lowest BCUT2D eigenvalue weighted by Gasteiger charge is -2.05. The van der Waals surface area contributed by atoms with Gasteiger partial charge in [-0.05, 0) is 24.3 Å². The van der Waals surface area contributed by atoms with E-state index in [9.17, 15) is 9.59 Å². The van der Waals surface area contributed by atoms with Crippen LogP contribution in [-0.2, 0) is 4.79 Å². The number of thioether (sulfide) groups is 2. The van der Waals surface area contributed by atoms with Crippen molar-refractivity contribution >= 4 is 45.4 Å². The molecule has 106 valence electrons. The number of benzene rings is 1. The molecule has 1 aliphatic heterocycles. The molecular formula is C13H15N3O2S2. The van der Waals surface area contributed by atoms with E-state index in [1.807, 2.05) is 0 Å². The van der Waals surface area contributed by atoms with Crippen LogP contribution in [0.4, 0.5) is 5.69 Å². The summed E-state index contributed by atoms with van der Waals surface area (Å²) in [6.07, 6.45) is 0.432. The number of hydrogen-bond acceptors (Lipinski definition) is 5. The van der Waals surface area contributed by atoms with Gasteiger partial charge < -0.3 is 11.1 Å². The summed E-state index contributed by atoms with van der Waals surface area (Å²) in [6.45, 7) is 0.880. The number of carbonyl (C=O) groups excluding carboxylic acids is 2. The molecule has 0 spiro atoms. The summed E-state index contributed by atoms with van der Waals surface area (Å²) in [7, 11) is 0. The molecule has 0 aromatic heterocycles. The lowest BCUT2D eigenvalue weighted by atomic mass is 10.2. The van der Waals surface area contributed by atoms with Crippen molar-refractivity contribution in [3.8, 4) is 0 Å². The van der Waals surface area contributed by atoms with Gasteiger partial charge >= 0.3 is 0 Å². The van der Waals surface area contributed by atoms with E-state index in [2.05, 4.69) is 10.3 Å². The molecule has 1 aromatic carbocycles. The molecule has 0 saturated heterocycles. The predicted octanol–water partition coefficient (Wildman–Crippen LogP) is 1.95. The lowest BCUT2D eigenvalue weighted by molar-refractivity contribution is -0.115. The van der Waals surface area contributed by atoms with Crippen molar-refractivity contribution in [1.82, 2.24) is 0 Å². The zero-order valence-electron chi connectivity index (χ0n) is 10.8. The number of hydrogen-bond donors (Lipinski definition) is 2. The first-order valence-electron chi connectivity index (χ1n) is 6.15. The van der Waals surface area contributed by atoms with Crippen molar-refractivity contribution in [2.45, 2.75) is 6.42 Å². The molecule has 0 bridgehead atoms. The minimum Gasteiger partial charge on any atom is -0.366 e. The van der Waals surface area contributed by atoms with Gasteiger partial charge in [0.15, 0.2) is 0 Å². The van der Waals surface area contributed by atoms with Crippen LogP contribution >= 0.6 is 23.5 Å². The monoisotopic (exact) mass is 309 g/mol. The van der Waals surface area contributed by atoms with Gasteiger partial charge in [-0.2, -0.15) is 0 Å². The lowest BCUT2D eigenvalue weighted by Crippen LogP contribution is -2.13. The second kappa shape index (κ2) is 7.35. The summed E-state index contributed by atoms with van der Waals surface area (Å²) >= 11 is 3.36. The van der Waals surface area contributed by atoms with Gasteiger partial charge in [0.1, 0.15) is 4.38 Å². The van der Waals surface area contributed by atoms with Crippen LogP contribution in [0.5, 0.6) is 0 Å². The first kappa shape index (κ1) is 14.9. The Balaban J connectivity index is 1.74. The smallest absolute Gasteiger partial charge is 0.248 e. The number of nitrogens with one attached hydrogen (secondary N) is 1. The fourth-order valence-corrected chi connectivity index (χ4v) is 3.59. The zero-order chi connectivity index (χ0) is 14.4. The molecule has 2 amide bonds. The molecule has 7 heteroatoms. The Morgan fingerprint density at radius 3 is 2.70 bits per heavy atom. The third-order valence-electron chi connectivity index (χ3n) is 2.57. The Bertz CT molecular complexity index is 529. The summed E-state index contributed by atoms with van der Waals surface area (Å²) < 4.78 is 1.07. The Morgan fingerprint density at radius 2 is 2.10 bits per heavy atom. The van der Waals surface area contributed by atoms with Crippen molar-refractivity contribution in [3.05, 3.63) is 29.8 Å². The number of rotatable bonds is 5. The second-order valence-corrected chi connectivity index (χ2v) is 6.51. The molecule has 1 aromatic rings. The first-order valence-corrected chi connectivity index (χ1v) is 8.12. The van der Waals surface area contributed by atoms with Crippen LogP contribution in [0.1, 0.15) is 16.8 Å². The molecule has 20 heavy (non-hydrogen) atoms. The highest BCUT2D eigenvalue weighted by atomic mass is 32.2. The third-order valence-corrected chi connectivity index (χ3v) is 4.82. The summed E-state index contributed by atoms with van der Waals surface area (Å²) in [5, 5.41) is 2.78. The normalized spacial score (nSPS) is 13.9. The number of nitrogens with zero attached hydrogens (tertiary/aromatic N) is 1. The van der Waals surface area contributed by atoms with Crippen LogP contribution in [0.15, 0.2) is 29.3 Å². The quantitative estimate of drug-likeness (QED) is 0.870. The van der Waals surface area contributed by atoms with E-state index < -0.39 is 5.91 Å². The summed E-state index contributed by atoms with van der Waals surface area (Å²) in [4.78, 5) is 27.0. The maximum Gasteiger partial charge on any atom is 0.248 e. The zero-order valence-corrected chi connectivity index (χ0v) is 12.4. The molecule has 5 nitrogen and oxygen atoms in total. The van der Waals surface area contributed by atoms with Crippen molar-refractivity contribution in [2.75, 3.05) is 23.4 Å². The molecular weight excluding hydrogens is 294 g/mol. The van der Waals surface area contributed by atoms with E-state index in [0.29, 0.717) is 17.7 Å². The van der Waals surface area contributed by atoms with Gasteiger partial charge in [0.25, 0.3) is 0 Å². The Morgan fingerprint density at radius 1 is 1.35 bits per heavy atom. The number of nitrogens with two attached hydrogens (primary N) is 1. The van der Waals surface area contributed by atoms with Gasteiger partial charge in [0.2, 0.25) is 11.8 Å². The van der Waals surface area contributed by atoms with Crippen LogP contribution in [0, 0.1) is 0 Å². The van der Waals surface area contributed by atoms with Crippen LogP contribution in [0.3, 0.4) is 0 Å². The van der Waals surface area contributed by atoms with Crippen molar-refractivity contribution in [3.63, 3.8) is 0 Å². The molecule has 0 fully saturated rings. The highest BCUT2D eigenvalue weighted by Gasteiger charge is 2.09. The number of aliphatic imine (C=N–C) groups is 1. The van der Waals surface area contributed by atoms with E-state index in [1.165, 1.54) is 0 Å². The van der Waals surface area contributed by atoms with E-state index in [1.54, 1.807) is 47.8 Å². The van der Waals surface area contributed by atoms with E-state index >= 15 is 0 Å². The fourth-order valence-electron chi connectivity index (χ4n) is 1.58. The maximum atomic E-state index is 11.7. The van der Waals surface area contributed by atoms with Gasteiger partial charge in [-0.1, -0.05) is 23.5 Å². The molecule has 1 heterocycles. The second-order valence-electron chi connectivity index (χ2n) is 4.08. The average molecular weight is 309 g/mol. The molecule has 0 saturated carbocycles. The van der Waals surface area contributed by atoms with Gasteiger partial charge in [-0.25, -0.2) is 0 Å².